The number of rotatable bonds is 10. The van der Waals surface area contributed by atoms with Gasteiger partial charge in [-0.15, -0.1) is 0 Å². The summed E-state index contributed by atoms with van der Waals surface area (Å²) < 4.78 is 7.19. The van der Waals surface area contributed by atoms with E-state index in [1.165, 1.54) is 11.8 Å². The summed E-state index contributed by atoms with van der Waals surface area (Å²) in [6.45, 7) is 4.07. The lowest BCUT2D eigenvalue weighted by Gasteiger charge is -2.19. The van der Waals surface area contributed by atoms with Crippen LogP contribution in [0.3, 0.4) is 0 Å². The zero-order valence-electron chi connectivity index (χ0n) is 20.4. The van der Waals surface area contributed by atoms with Gasteiger partial charge in [-0.25, -0.2) is 4.98 Å². The van der Waals surface area contributed by atoms with Crippen molar-refractivity contribution in [3.63, 3.8) is 0 Å². The Kier molecular flexibility index (Phi) is 8.57. The Morgan fingerprint density at radius 1 is 0.972 bits per heavy atom. The SMILES string of the molecule is CCOC(=O)C[C@@H](NC(=O)CSc1ncc(-c2ccccc2)n1-c1ccccc1)c1ccc(C)cc1. The number of imidazole rings is 1. The standard InChI is InChI=1S/C29H29N3O3S/c1-3-35-28(34)18-25(22-16-14-21(2)15-17-22)31-27(33)20-36-29-30-19-26(23-10-6-4-7-11-23)32(29)24-12-8-5-9-13-24/h4-17,19,25H,3,18,20H2,1-2H3,(H,31,33)/t25-/m1/s1. The van der Waals surface area contributed by atoms with Crippen molar-refractivity contribution in [2.24, 2.45) is 0 Å². The van der Waals surface area contributed by atoms with Crippen molar-refractivity contribution in [3.8, 4) is 16.9 Å². The molecule has 1 amide bonds. The number of ether oxygens (including phenoxy) is 1. The minimum Gasteiger partial charge on any atom is -0.466 e. The molecule has 7 heteroatoms. The Labute approximate surface area is 215 Å². The highest BCUT2D eigenvalue weighted by Crippen LogP contribution is 2.30. The van der Waals surface area contributed by atoms with Gasteiger partial charge in [0.1, 0.15) is 0 Å². The molecule has 3 aromatic carbocycles. The summed E-state index contributed by atoms with van der Waals surface area (Å²) in [6.07, 6.45) is 1.91. The van der Waals surface area contributed by atoms with E-state index in [1.807, 2.05) is 98.0 Å². The third kappa shape index (κ3) is 6.43. The Bertz CT molecular complexity index is 1290. The third-order valence-corrected chi connectivity index (χ3v) is 6.59. The number of hydrogen-bond acceptors (Lipinski definition) is 5. The summed E-state index contributed by atoms with van der Waals surface area (Å²) in [7, 11) is 0. The van der Waals surface area contributed by atoms with Crippen LogP contribution < -0.4 is 5.32 Å². The quantitative estimate of drug-likeness (QED) is 0.222. The number of carbonyl (C=O) groups excluding carboxylic acids is 2. The maximum Gasteiger partial charge on any atom is 0.308 e. The van der Waals surface area contributed by atoms with Crippen LogP contribution in [0.2, 0.25) is 0 Å². The van der Waals surface area contributed by atoms with Crippen molar-refractivity contribution < 1.29 is 14.3 Å². The lowest BCUT2D eigenvalue weighted by atomic mass is 10.0. The molecule has 1 N–H and O–H groups in total. The molecule has 0 radical (unpaired) electrons. The van der Waals surface area contributed by atoms with Crippen LogP contribution in [0.25, 0.3) is 16.9 Å². The highest BCUT2D eigenvalue weighted by molar-refractivity contribution is 7.99. The molecule has 0 bridgehead atoms. The van der Waals surface area contributed by atoms with Gasteiger partial charge in [0.25, 0.3) is 0 Å². The Hall–Kier alpha value is -3.84. The molecular weight excluding hydrogens is 470 g/mol. The maximum absolute atomic E-state index is 13.0. The fraction of sp³-hybridized carbons (Fsp3) is 0.207. The number of nitrogens with one attached hydrogen (secondary N) is 1. The number of nitrogens with zero attached hydrogens (tertiary/aromatic N) is 2. The lowest BCUT2D eigenvalue weighted by Crippen LogP contribution is -2.32. The number of aromatic nitrogens is 2. The number of carbonyl (C=O) groups is 2. The van der Waals surface area contributed by atoms with Crippen molar-refractivity contribution >= 4 is 23.6 Å². The van der Waals surface area contributed by atoms with E-state index in [2.05, 4.69) is 14.9 Å². The van der Waals surface area contributed by atoms with Crippen LogP contribution in [0.5, 0.6) is 0 Å². The van der Waals surface area contributed by atoms with E-state index in [0.717, 1.165) is 28.1 Å². The highest BCUT2D eigenvalue weighted by Gasteiger charge is 2.21. The predicted octanol–water partition coefficient (Wildman–Crippen LogP) is 5.75. The first-order chi connectivity index (χ1) is 17.5. The zero-order valence-corrected chi connectivity index (χ0v) is 21.2. The molecule has 0 aliphatic heterocycles. The molecule has 0 aliphatic rings. The first-order valence-electron chi connectivity index (χ1n) is 11.9. The molecule has 36 heavy (non-hydrogen) atoms. The van der Waals surface area contributed by atoms with Gasteiger partial charge in [0.2, 0.25) is 5.91 Å². The number of para-hydroxylation sites is 1. The molecule has 184 valence electrons. The number of hydrogen-bond donors (Lipinski definition) is 1. The van der Waals surface area contributed by atoms with E-state index < -0.39 is 6.04 Å². The van der Waals surface area contributed by atoms with E-state index in [1.54, 1.807) is 6.92 Å². The lowest BCUT2D eigenvalue weighted by molar-refractivity contribution is -0.143. The maximum atomic E-state index is 13.0. The minimum absolute atomic E-state index is 0.0735. The second kappa shape index (κ2) is 12.2. The number of esters is 1. The molecule has 6 nitrogen and oxygen atoms in total. The normalized spacial score (nSPS) is 11.6. The van der Waals surface area contributed by atoms with Crippen LogP contribution in [0.1, 0.15) is 30.5 Å². The van der Waals surface area contributed by atoms with Crippen molar-refractivity contribution in [3.05, 3.63) is 102 Å². The summed E-state index contributed by atoms with van der Waals surface area (Å²) in [5, 5.41) is 3.73. The Morgan fingerprint density at radius 2 is 1.64 bits per heavy atom. The minimum atomic E-state index is -0.466. The summed E-state index contributed by atoms with van der Waals surface area (Å²) in [5.74, 6) is -0.370. The second-order valence-corrected chi connectivity index (χ2v) is 9.23. The number of thioether (sulfide) groups is 1. The fourth-order valence-corrected chi connectivity index (χ4v) is 4.68. The van der Waals surface area contributed by atoms with Gasteiger partial charge in [-0.2, -0.15) is 0 Å². The molecule has 0 aliphatic carbocycles. The van der Waals surface area contributed by atoms with Crippen LogP contribution in [-0.4, -0.2) is 33.8 Å². The van der Waals surface area contributed by atoms with Crippen molar-refractivity contribution in [1.29, 1.82) is 0 Å². The van der Waals surface area contributed by atoms with Crippen molar-refractivity contribution in [2.45, 2.75) is 31.5 Å². The molecular formula is C29H29N3O3S. The van der Waals surface area contributed by atoms with Crippen molar-refractivity contribution in [1.82, 2.24) is 14.9 Å². The first kappa shape index (κ1) is 25.3. The number of benzene rings is 3. The van der Waals surface area contributed by atoms with E-state index >= 15 is 0 Å². The average Bonchev–Trinajstić information content (AvgIpc) is 3.33. The summed E-state index contributed by atoms with van der Waals surface area (Å²) in [4.78, 5) is 29.8. The molecule has 0 unspecified atom stereocenters. The van der Waals surface area contributed by atoms with Gasteiger partial charge in [-0.05, 0) is 31.5 Å². The molecule has 1 aromatic heterocycles. The average molecular weight is 500 g/mol. The van der Waals surface area contributed by atoms with Crippen LogP contribution >= 0.6 is 11.8 Å². The largest absolute Gasteiger partial charge is 0.466 e. The van der Waals surface area contributed by atoms with Gasteiger partial charge in [-0.1, -0.05) is 90.1 Å². The highest BCUT2D eigenvalue weighted by atomic mass is 32.2. The van der Waals surface area contributed by atoms with E-state index in [0.29, 0.717) is 11.8 Å². The van der Waals surface area contributed by atoms with Gasteiger partial charge in [0.15, 0.2) is 5.16 Å². The smallest absolute Gasteiger partial charge is 0.308 e. The fourth-order valence-electron chi connectivity index (χ4n) is 3.88. The van der Waals surface area contributed by atoms with Gasteiger partial charge >= 0.3 is 5.97 Å². The first-order valence-corrected chi connectivity index (χ1v) is 12.9. The second-order valence-electron chi connectivity index (χ2n) is 8.29. The molecule has 4 aromatic rings. The summed E-state index contributed by atoms with van der Waals surface area (Å²) in [6, 6.07) is 27.3. The van der Waals surface area contributed by atoms with E-state index in [4.69, 9.17) is 4.74 Å². The van der Waals surface area contributed by atoms with Gasteiger partial charge in [0, 0.05) is 11.3 Å². The Morgan fingerprint density at radius 3 is 2.31 bits per heavy atom. The molecule has 0 saturated heterocycles. The van der Waals surface area contributed by atoms with Crippen LogP contribution in [0.4, 0.5) is 0 Å². The van der Waals surface area contributed by atoms with Crippen molar-refractivity contribution in [2.75, 3.05) is 12.4 Å². The van der Waals surface area contributed by atoms with E-state index in [9.17, 15) is 9.59 Å². The summed E-state index contributed by atoms with van der Waals surface area (Å²) >= 11 is 1.36. The molecule has 1 heterocycles. The molecule has 0 fully saturated rings. The molecule has 1 atom stereocenters. The van der Waals surface area contributed by atoms with E-state index in [-0.39, 0.29) is 24.1 Å². The topological polar surface area (TPSA) is 73.2 Å². The van der Waals surface area contributed by atoms with Gasteiger partial charge < -0.3 is 10.1 Å². The number of aryl methyl sites for hydroxylation is 1. The third-order valence-electron chi connectivity index (χ3n) is 5.64. The zero-order chi connectivity index (χ0) is 25.3. The predicted molar refractivity (Wildman–Crippen MR) is 143 cm³/mol. The molecule has 0 spiro atoms. The number of amides is 1. The monoisotopic (exact) mass is 499 g/mol. The Balaban J connectivity index is 1.52. The van der Waals surface area contributed by atoms with Gasteiger partial charge in [0.05, 0.1) is 36.7 Å². The van der Waals surface area contributed by atoms with Crippen LogP contribution in [0.15, 0.2) is 96.3 Å². The van der Waals surface area contributed by atoms with Crippen LogP contribution in [0, 0.1) is 6.92 Å². The molecule has 4 rings (SSSR count). The van der Waals surface area contributed by atoms with Gasteiger partial charge in [-0.3, -0.25) is 14.2 Å². The molecule has 0 saturated carbocycles. The summed E-state index contributed by atoms with van der Waals surface area (Å²) in [5.41, 5.74) is 4.93. The van der Waals surface area contributed by atoms with Crippen LogP contribution in [-0.2, 0) is 14.3 Å².